The number of ether oxygens (including phenoxy) is 1. The largest absolute Gasteiger partial charge is 0.495 e. The highest BCUT2D eigenvalue weighted by Crippen LogP contribution is 2.32. The molecule has 1 atom stereocenters. The van der Waals surface area contributed by atoms with Crippen molar-refractivity contribution in [3.63, 3.8) is 0 Å². The van der Waals surface area contributed by atoms with Gasteiger partial charge in [-0.15, -0.1) is 0 Å². The molecular weight excluding hydrogens is 328 g/mol. The Morgan fingerprint density at radius 1 is 1.41 bits per heavy atom. The van der Waals surface area contributed by atoms with Crippen LogP contribution in [0.2, 0.25) is 0 Å². The molecule has 0 amide bonds. The van der Waals surface area contributed by atoms with Gasteiger partial charge < -0.3 is 4.74 Å². The molecule has 1 aliphatic heterocycles. The van der Waals surface area contributed by atoms with Crippen molar-refractivity contribution >= 4 is 27.5 Å². The summed E-state index contributed by atoms with van der Waals surface area (Å²) in [7, 11) is -2.42. The smallest absolute Gasteiger partial charge is 0.273 e. The van der Waals surface area contributed by atoms with E-state index in [4.69, 9.17) is 4.74 Å². The SMILES string of the molecule is COc1cc([N+](=O)[O-])ccc1S(=O)(=O)N1CCSC(C)CC1. The summed E-state index contributed by atoms with van der Waals surface area (Å²) in [6.07, 6.45) is 0.777. The molecule has 122 valence electrons. The van der Waals surface area contributed by atoms with Crippen LogP contribution >= 0.6 is 11.8 Å². The zero-order chi connectivity index (χ0) is 16.3. The van der Waals surface area contributed by atoms with Gasteiger partial charge in [-0.05, 0) is 12.5 Å². The van der Waals surface area contributed by atoms with E-state index in [1.54, 1.807) is 11.8 Å². The molecule has 0 radical (unpaired) electrons. The molecule has 22 heavy (non-hydrogen) atoms. The Hall–Kier alpha value is -1.32. The first-order valence-electron chi connectivity index (χ1n) is 6.80. The third-order valence-electron chi connectivity index (χ3n) is 3.50. The number of thioether (sulfide) groups is 1. The summed E-state index contributed by atoms with van der Waals surface area (Å²) >= 11 is 1.74. The fourth-order valence-electron chi connectivity index (χ4n) is 2.24. The average Bonchev–Trinajstić information content (AvgIpc) is 2.71. The van der Waals surface area contributed by atoms with Crippen LogP contribution in [0.25, 0.3) is 0 Å². The van der Waals surface area contributed by atoms with Crippen molar-refractivity contribution in [3.05, 3.63) is 28.3 Å². The van der Waals surface area contributed by atoms with Crippen molar-refractivity contribution < 1.29 is 18.1 Å². The molecule has 0 aliphatic carbocycles. The van der Waals surface area contributed by atoms with E-state index in [1.165, 1.54) is 23.5 Å². The molecule has 9 heteroatoms. The minimum Gasteiger partial charge on any atom is -0.495 e. The van der Waals surface area contributed by atoms with Crippen LogP contribution in [0.1, 0.15) is 13.3 Å². The summed E-state index contributed by atoms with van der Waals surface area (Å²) in [6, 6.07) is 3.57. The number of methoxy groups -OCH3 is 1. The highest BCUT2D eigenvalue weighted by Gasteiger charge is 2.30. The predicted molar refractivity (Wildman–Crippen MR) is 84.9 cm³/mol. The van der Waals surface area contributed by atoms with Gasteiger partial charge in [0.15, 0.2) is 0 Å². The number of nitro benzene ring substituents is 1. The standard InChI is InChI=1S/C13H18N2O5S2/c1-10-5-6-14(7-8-21-10)22(18,19)13-4-3-11(15(16)17)9-12(13)20-2/h3-4,9-10H,5-8H2,1-2H3. The Kier molecular flexibility index (Phi) is 5.30. The van der Waals surface area contributed by atoms with Gasteiger partial charge in [0.2, 0.25) is 10.0 Å². The second-order valence-electron chi connectivity index (χ2n) is 4.97. The molecular formula is C13H18N2O5S2. The molecule has 0 spiro atoms. The summed E-state index contributed by atoms with van der Waals surface area (Å²) < 4.78 is 32.0. The molecule has 1 heterocycles. The zero-order valence-corrected chi connectivity index (χ0v) is 14.0. The third kappa shape index (κ3) is 3.53. The van der Waals surface area contributed by atoms with Gasteiger partial charge in [-0.2, -0.15) is 16.1 Å². The van der Waals surface area contributed by atoms with Gasteiger partial charge in [-0.25, -0.2) is 8.42 Å². The number of hydrogen-bond donors (Lipinski definition) is 0. The molecule has 1 unspecified atom stereocenters. The number of benzene rings is 1. The number of non-ortho nitro benzene ring substituents is 1. The van der Waals surface area contributed by atoms with E-state index in [-0.39, 0.29) is 16.3 Å². The number of nitro groups is 1. The number of hydrogen-bond acceptors (Lipinski definition) is 6. The quantitative estimate of drug-likeness (QED) is 0.613. The van der Waals surface area contributed by atoms with Crippen molar-refractivity contribution in [2.75, 3.05) is 26.0 Å². The van der Waals surface area contributed by atoms with Gasteiger partial charge in [0.1, 0.15) is 10.6 Å². The van der Waals surface area contributed by atoms with E-state index >= 15 is 0 Å². The maximum absolute atomic E-state index is 12.8. The van der Waals surface area contributed by atoms with E-state index < -0.39 is 14.9 Å². The lowest BCUT2D eigenvalue weighted by Crippen LogP contribution is -2.33. The van der Waals surface area contributed by atoms with Gasteiger partial charge in [0.25, 0.3) is 5.69 Å². The molecule has 1 fully saturated rings. The second-order valence-corrected chi connectivity index (χ2v) is 8.42. The number of sulfonamides is 1. The highest BCUT2D eigenvalue weighted by molar-refractivity contribution is 8.00. The molecule has 0 N–H and O–H groups in total. The summed E-state index contributed by atoms with van der Waals surface area (Å²) in [5, 5.41) is 11.2. The van der Waals surface area contributed by atoms with Gasteiger partial charge in [-0.3, -0.25) is 10.1 Å². The lowest BCUT2D eigenvalue weighted by molar-refractivity contribution is -0.385. The lowest BCUT2D eigenvalue weighted by atomic mass is 10.3. The Morgan fingerprint density at radius 2 is 2.14 bits per heavy atom. The van der Waals surface area contributed by atoms with Crippen LogP contribution in [0.5, 0.6) is 5.75 Å². The Labute approximate surface area is 133 Å². The number of nitrogens with zero attached hydrogens (tertiary/aromatic N) is 2. The van der Waals surface area contributed by atoms with E-state index in [9.17, 15) is 18.5 Å². The van der Waals surface area contributed by atoms with Crippen LogP contribution < -0.4 is 4.74 Å². The lowest BCUT2D eigenvalue weighted by Gasteiger charge is -2.21. The second kappa shape index (κ2) is 6.84. The maximum Gasteiger partial charge on any atom is 0.273 e. The predicted octanol–water partition coefficient (Wildman–Crippen LogP) is 2.12. The van der Waals surface area contributed by atoms with Crippen LogP contribution in [-0.4, -0.2) is 48.8 Å². The van der Waals surface area contributed by atoms with Crippen LogP contribution in [0, 0.1) is 10.1 Å². The molecule has 1 aromatic carbocycles. The maximum atomic E-state index is 12.8. The Morgan fingerprint density at radius 3 is 2.77 bits per heavy atom. The monoisotopic (exact) mass is 346 g/mol. The first kappa shape index (κ1) is 17.0. The fourth-order valence-corrected chi connectivity index (χ4v) is 4.95. The first-order chi connectivity index (χ1) is 10.4. The van der Waals surface area contributed by atoms with E-state index in [0.717, 1.165) is 18.2 Å². The topological polar surface area (TPSA) is 89.7 Å². The van der Waals surface area contributed by atoms with Crippen molar-refractivity contribution in [1.29, 1.82) is 0 Å². The van der Waals surface area contributed by atoms with Crippen molar-refractivity contribution in [2.45, 2.75) is 23.5 Å². The minimum atomic E-state index is -3.72. The summed E-state index contributed by atoms with van der Waals surface area (Å²) in [4.78, 5) is 10.2. The Bertz CT molecular complexity index is 662. The minimum absolute atomic E-state index is 0.000788. The molecule has 0 bridgehead atoms. The van der Waals surface area contributed by atoms with Crippen molar-refractivity contribution in [1.82, 2.24) is 4.31 Å². The van der Waals surface area contributed by atoms with Gasteiger partial charge >= 0.3 is 0 Å². The van der Waals surface area contributed by atoms with E-state index in [0.29, 0.717) is 18.3 Å². The summed E-state index contributed by atoms with van der Waals surface area (Å²) in [6.45, 7) is 2.95. The molecule has 1 aliphatic rings. The fraction of sp³-hybridized carbons (Fsp3) is 0.538. The van der Waals surface area contributed by atoms with Gasteiger partial charge in [-0.1, -0.05) is 6.92 Å². The highest BCUT2D eigenvalue weighted by atomic mass is 32.2. The zero-order valence-electron chi connectivity index (χ0n) is 12.4. The van der Waals surface area contributed by atoms with Crippen LogP contribution in [0.15, 0.2) is 23.1 Å². The van der Waals surface area contributed by atoms with Gasteiger partial charge in [0.05, 0.1) is 18.1 Å². The van der Waals surface area contributed by atoms with Crippen LogP contribution in [-0.2, 0) is 10.0 Å². The van der Waals surface area contributed by atoms with Crippen LogP contribution in [0.3, 0.4) is 0 Å². The average molecular weight is 346 g/mol. The number of rotatable bonds is 4. The molecule has 7 nitrogen and oxygen atoms in total. The Balaban J connectivity index is 2.38. The van der Waals surface area contributed by atoms with Crippen molar-refractivity contribution in [3.8, 4) is 5.75 Å². The van der Waals surface area contributed by atoms with E-state index in [1.807, 2.05) is 0 Å². The molecule has 1 aromatic rings. The third-order valence-corrected chi connectivity index (χ3v) is 6.67. The first-order valence-corrected chi connectivity index (χ1v) is 9.29. The normalized spacial score (nSPS) is 20.4. The van der Waals surface area contributed by atoms with Crippen LogP contribution in [0.4, 0.5) is 5.69 Å². The molecule has 0 aromatic heterocycles. The molecule has 1 saturated heterocycles. The summed E-state index contributed by atoms with van der Waals surface area (Å²) in [5.74, 6) is 0.731. The van der Waals surface area contributed by atoms with Gasteiger partial charge in [0, 0.05) is 30.2 Å². The molecule has 0 saturated carbocycles. The summed E-state index contributed by atoms with van der Waals surface area (Å²) in [5.41, 5.74) is -0.198. The van der Waals surface area contributed by atoms with Crippen molar-refractivity contribution in [2.24, 2.45) is 0 Å². The van der Waals surface area contributed by atoms with E-state index in [2.05, 4.69) is 6.92 Å². The molecule has 2 rings (SSSR count).